The maximum atomic E-state index is 12.7. The number of nitrogens with zero attached hydrogens (tertiary/aromatic N) is 1. The Kier molecular flexibility index (Phi) is 9.10. The van der Waals surface area contributed by atoms with Crippen LogP contribution < -0.4 is 15.8 Å². The highest BCUT2D eigenvalue weighted by Crippen LogP contribution is 2.44. The van der Waals surface area contributed by atoms with Crippen molar-refractivity contribution < 1.29 is 14.6 Å². The van der Waals surface area contributed by atoms with E-state index >= 15 is 0 Å². The van der Waals surface area contributed by atoms with Crippen LogP contribution in [0.5, 0.6) is 11.5 Å². The van der Waals surface area contributed by atoms with Gasteiger partial charge in [-0.1, -0.05) is 37.4 Å². The van der Waals surface area contributed by atoms with Crippen LogP contribution in [0.4, 0.5) is 5.69 Å². The van der Waals surface area contributed by atoms with E-state index in [2.05, 4.69) is 17.2 Å². The standard InChI is InChI=1S/C34H44ClN3O3/c1-21(39)28-20-37-30-10-8-23(24-18-29(35)33(40)31(19-24)41-3)17-27(30)32(28)38-26-12-15-34(2,16-13-26)14-11-22-5-4-6-25(36)9-7-22/h8,10,17-20,22,25-26,40H,4-7,9,11-16,36H2,1-3H3,(H,37,38). The third-order valence-electron chi connectivity index (χ3n) is 9.66. The number of halogens is 1. The van der Waals surface area contributed by atoms with Crippen LogP contribution in [0.25, 0.3) is 22.0 Å². The second-order valence-electron chi connectivity index (χ2n) is 12.7. The highest BCUT2D eigenvalue weighted by Gasteiger charge is 2.32. The first-order valence-electron chi connectivity index (χ1n) is 15.2. The van der Waals surface area contributed by atoms with Gasteiger partial charge in [0.1, 0.15) is 0 Å². The van der Waals surface area contributed by atoms with Gasteiger partial charge in [-0.15, -0.1) is 0 Å². The maximum Gasteiger partial charge on any atom is 0.176 e. The number of anilines is 1. The lowest BCUT2D eigenvalue weighted by molar-refractivity contribution is 0.101. The quantitative estimate of drug-likeness (QED) is 0.183. The number of carbonyl (C=O) groups excluding carboxylic acids is 1. The molecule has 2 aliphatic carbocycles. The van der Waals surface area contributed by atoms with Crippen LogP contribution in [0.2, 0.25) is 5.02 Å². The minimum Gasteiger partial charge on any atom is -0.503 e. The molecule has 5 rings (SSSR count). The fraction of sp³-hybridized carbons (Fsp3) is 0.529. The number of nitrogens with two attached hydrogens (primary N) is 1. The molecule has 2 saturated carbocycles. The summed E-state index contributed by atoms with van der Waals surface area (Å²) in [5.41, 5.74) is 10.6. The summed E-state index contributed by atoms with van der Waals surface area (Å²) in [6.45, 7) is 4.07. The second-order valence-corrected chi connectivity index (χ2v) is 13.2. The number of benzene rings is 2. The number of nitrogens with one attached hydrogen (secondary N) is 1. The summed E-state index contributed by atoms with van der Waals surface area (Å²) in [5.74, 6) is 1.05. The molecule has 1 heterocycles. The third-order valence-corrected chi connectivity index (χ3v) is 9.95. The van der Waals surface area contributed by atoms with Gasteiger partial charge in [-0.05, 0) is 111 Å². The summed E-state index contributed by atoms with van der Waals surface area (Å²) in [4.78, 5) is 17.3. The molecule has 0 amide bonds. The number of pyridine rings is 1. The second kappa shape index (κ2) is 12.6. The fourth-order valence-electron chi connectivity index (χ4n) is 6.85. The Hall–Kier alpha value is -2.83. The molecular weight excluding hydrogens is 534 g/mol. The number of rotatable bonds is 8. The molecule has 0 spiro atoms. The molecule has 2 aliphatic rings. The van der Waals surface area contributed by atoms with Gasteiger partial charge in [0, 0.05) is 23.7 Å². The number of hydrogen-bond donors (Lipinski definition) is 3. The van der Waals surface area contributed by atoms with Crippen LogP contribution in [-0.4, -0.2) is 35.1 Å². The molecule has 2 fully saturated rings. The average molecular weight is 578 g/mol. The van der Waals surface area contributed by atoms with Crippen molar-refractivity contribution in [3.63, 3.8) is 0 Å². The molecule has 0 radical (unpaired) electrons. The first-order chi connectivity index (χ1) is 19.7. The number of carbonyl (C=O) groups is 1. The van der Waals surface area contributed by atoms with E-state index in [0.29, 0.717) is 28.8 Å². The number of fused-ring (bicyclic) bond motifs is 1. The van der Waals surface area contributed by atoms with Gasteiger partial charge in [0.05, 0.1) is 28.9 Å². The summed E-state index contributed by atoms with van der Waals surface area (Å²) < 4.78 is 5.32. The van der Waals surface area contributed by atoms with Gasteiger partial charge in [0.2, 0.25) is 0 Å². The van der Waals surface area contributed by atoms with Gasteiger partial charge in [-0.2, -0.15) is 0 Å². The van der Waals surface area contributed by atoms with Crippen molar-refractivity contribution in [1.29, 1.82) is 0 Å². The van der Waals surface area contributed by atoms with E-state index < -0.39 is 0 Å². The maximum absolute atomic E-state index is 12.7. The molecular formula is C34H44ClN3O3. The molecule has 4 N–H and O–H groups in total. The van der Waals surface area contributed by atoms with Gasteiger partial charge in [-0.3, -0.25) is 9.78 Å². The molecule has 3 aromatic rings. The smallest absolute Gasteiger partial charge is 0.176 e. The molecule has 2 atom stereocenters. The number of phenols is 1. The largest absolute Gasteiger partial charge is 0.503 e. The number of ketones is 1. The van der Waals surface area contributed by atoms with Crippen molar-refractivity contribution in [3.8, 4) is 22.6 Å². The molecule has 0 bridgehead atoms. The number of Topliss-reactive ketones (excluding diaryl/α,β-unsaturated/α-hetero) is 1. The number of aromatic nitrogens is 1. The predicted molar refractivity (Wildman–Crippen MR) is 168 cm³/mol. The van der Waals surface area contributed by atoms with Crippen LogP contribution >= 0.6 is 11.6 Å². The van der Waals surface area contributed by atoms with Gasteiger partial charge in [0.25, 0.3) is 0 Å². The van der Waals surface area contributed by atoms with Crippen molar-refractivity contribution in [3.05, 3.63) is 47.1 Å². The van der Waals surface area contributed by atoms with Crippen LogP contribution in [-0.2, 0) is 0 Å². The van der Waals surface area contributed by atoms with E-state index in [1.807, 2.05) is 18.2 Å². The van der Waals surface area contributed by atoms with Crippen LogP contribution in [0.1, 0.15) is 94.8 Å². The zero-order valence-corrected chi connectivity index (χ0v) is 25.4. The summed E-state index contributed by atoms with van der Waals surface area (Å²) >= 11 is 6.29. The molecule has 7 heteroatoms. The molecule has 41 heavy (non-hydrogen) atoms. The molecule has 2 unspecified atom stereocenters. The minimum atomic E-state index is -0.0793. The van der Waals surface area contributed by atoms with Crippen molar-refractivity contribution in [2.45, 2.75) is 96.6 Å². The van der Waals surface area contributed by atoms with Crippen molar-refractivity contribution >= 4 is 34.0 Å². The Morgan fingerprint density at radius 3 is 2.63 bits per heavy atom. The third kappa shape index (κ3) is 6.81. The number of methoxy groups -OCH3 is 1. The van der Waals surface area contributed by atoms with Crippen LogP contribution in [0.15, 0.2) is 36.5 Å². The summed E-state index contributed by atoms with van der Waals surface area (Å²) in [7, 11) is 1.50. The van der Waals surface area contributed by atoms with E-state index in [9.17, 15) is 9.90 Å². The van der Waals surface area contributed by atoms with E-state index in [1.165, 1.54) is 64.9 Å². The van der Waals surface area contributed by atoms with Gasteiger partial charge < -0.3 is 20.9 Å². The first-order valence-corrected chi connectivity index (χ1v) is 15.6. The summed E-state index contributed by atoms with van der Waals surface area (Å²) in [5, 5.41) is 15.1. The lowest BCUT2D eigenvalue weighted by atomic mass is 9.70. The SMILES string of the molecule is COc1cc(-c2ccc3ncc(C(C)=O)c(NC4CCC(C)(CCC5CCCC(N)CC5)CC4)c3c2)cc(Cl)c1O. The zero-order chi connectivity index (χ0) is 29.1. The van der Waals surface area contributed by atoms with Gasteiger partial charge >= 0.3 is 0 Å². The fourth-order valence-corrected chi connectivity index (χ4v) is 7.06. The Balaban J connectivity index is 1.34. The topological polar surface area (TPSA) is 97.5 Å². The Morgan fingerprint density at radius 2 is 1.90 bits per heavy atom. The van der Waals surface area contributed by atoms with Crippen molar-refractivity contribution in [2.24, 2.45) is 17.1 Å². The lowest BCUT2D eigenvalue weighted by Gasteiger charge is -2.39. The monoisotopic (exact) mass is 577 g/mol. The lowest BCUT2D eigenvalue weighted by Crippen LogP contribution is -2.32. The number of aromatic hydroxyl groups is 1. The number of hydrogen-bond acceptors (Lipinski definition) is 6. The highest BCUT2D eigenvalue weighted by atomic mass is 35.5. The van der Waals surface area contributed by atoms with E-state index in [-0.39, 0.29) is 16.6 Å². The minimum absolute atomic E-state index is 0.00887. The zero-order valence-electron chi connectivity index (χ0n) is 24.6. The van der Waals surface area contributed by atoms with E-state index in [1.54, 1.807) is 25.3 Å². The van der Waals surface area contributed by atoms with E-state index in [4.69, 9.17) is 22.1 Å². The average Bonchev–Trinajstić information content (AvgIpc) is 3.18. The Labute approximate surface area is 249 Å². The van der Waals surface area contributed by atoms with Crippen molar-refractivity contribution in [2.75, 3.05) is 12.4 Å². The molecule has 1 aromatic heterocycles. The molecule has 0 aliphatic heterocycles. The molecule has 2 aromatic carbocycles. The predicted octanol–water partition coefficient (Wildman–Crippen LogP) is 8.52. The van der Waals surface area contributed by atoms with Crippen LogP contribution in [0, 0.1) is 11.3 Å². The van der Waals surface area contributed by atoms with E-state index in [0.717, 1.165) is 46.5 Å². The molecule has 0 saturated heterocycles. The molecule has 220 valence electrons. The summed E-state index contributed by atoms with van der Waals surface area (Å²) in [6, 6.07) is 10.2. The van der Waals surface area contributed by atoms with Crippen LogP contribution in [0.3, 0.4) is 0 Å². The van der Waals surface area contributed by atoms with Gasteiger partial charge in [-0.25, -0.2) is 0 Å². The Bertz CT molecular complexity index is 1400. The number of phenolic OH excluding ortho intramolecular Hbond substituents is 1. The van der Waals surface area contributed by atoms with Crippen molar-refractivity contribution in [1.82, 2.24) is 4.98 Å². The summed E-state index contributed by atoms with van der Waals surface area (Å²) in [6.07, 6.45) is 15.1. The normalized spacial score (nSPS) is 25.0. The number of ether oxygens (including phenoxy) is 1. The highest BCUT2D eigenvalue weighted by molar-refractivity contribution is 6.32. The Morgan fingerprint density at radius 1 is 1.12 bits per heavy atom. The first kappa shape index (κ1) is 29.7. The van der Waals surface area contributed by atoms with Gasteiger partial charge in [0.15, 0.2) is 17.3 Å². The molecule has 6 nitrogen and oxygen atoms in total.